The average Bonchev–Trinajstić information content (AvgIpc) is 2.83. The van der Waals surface area contributed by atoms with Crippen LogP contribution < -0.4 is 11.1 Å². The van der Waals surface area contributed by atoms with Crippen LogP contribution in [0.25, 0.3) is 11.1 Å². The number of oxazole rings is 1. The zero-order chi connectivity index (χ0) is 16.4. The van der Waals surface area contributed by atoms with Crippen LogP contribution in [-0.2, 0) is 6.54 Å². The highest BCUT2D eigenvalue weighted by Crippen LogP contribution is 2.21. The van der Waals surface area contributed by atoms with E-state index in [1.807, 2.05) is 6.92 Å². The second-order valence-corrected chi connectivity index (χ2v) is 5.54. The van der Waals surface area contributed by atoms with Crippen molar-refractivity contribution in [1.29, 1.82) is 0 Å². The molecule has 1 heterocycles. The van der Waals surface area contributed by atoms with Gasteiger partial charge in [0.25, 0.3) is 5.91 Å². The molecule has 1 aromatic heterocycles. The van der Waals surface area contributed by atoms with E-state index < -0.39 is 5.76 Å². The van der Waals surface area contributed by atoms with Crippen molar-refractivity contribution in [3.63, 3.8) is 0 Å². The Balaban J connectivity index is 1.91. The maximum Gasteiger partial charge on any atom is 0.419 e. The van der Waals surface area contributed by atoms with E-state index in [1.54, 1.807) is 47.0 Å². The summed E-state index contributed by atoms with van der Waals surface area (Å²) in [6.45, 7) is 2.58. The largest absolute Gasteiger partial charge is 0.419 e. The number of aryl methyl sites for hydroxylation is 1. The molecule has 0 aliphatic heterocycles. The van der Waals surface area contributed by atoms with Crippen molar-refractivity contribution in [3.8, 4) is 0 Å². The molecule has 3 rings (SSSR count). The predicted molar refractivity (Wildman–Crippen MR) is 90.2 cm³/mol. The SMILES string of the molecule is CCCn1c(=O)oc2cc(NC(=O)c3ccccc3Cl)ccc21. The van der Waals surface area contributed by atoms with Crippen LogP contribution in [0, 0.1) is 0 Å². The zero-order valence-electron chi connectivity index (χ0n) is 12.5. The van der Waals surface area contributed by atoms with E-state index in [1.165, 1.54) is 0 Å². The van der Waals surface area contributed by atoms with Gasteiger partial charge in [-0.1, -0.05) is 30.7 Å². The molecule has 0 radical (unpaired) electrons. The van der Waals surface area contributed by atoms with Gasteiger partial charge in [0.2, 0.25) is 0 Å². The number of anilines is 1. The summed E-state index contributed by atoms with van der Waals surface area (Å²) in [5.74, 6) is -0.707. The first kappa shape index (κ1) is 15.4. The van der Waals surface area contributed by atoms with Gasteiger partial charge < -0.3 is 9.73 Å². The van der Waals surface area contributed by atoms with Gasteiger partial charge in [-0.25, -0.2) is 4.79 Å². The number of hydrogen-bond acceptors (Lipinski definition) is 3. The number of carbonyl (C=O) groups is 1. The lowest BCUT2D eigenvalue weighted by atomic mass is 10.2. The van der Waals surface area contributed by atoms with Gasteiger partial charge in [-0.15, -0.1) is 0 Å². The third-order valence-electron chi connectivity index (χ3n) is 3.49. The zero-order valence-corrected chi connectivity index (χ0v) is 13.3. The smallest absolute Gasteiger partial charge is 0.408 e. The van der Waals surface area contributed by atoms with E-state index in [2.05, 4.69) is 5.32 Å². The van der Waals surface area contributed by atoms with Crippen molar-refractivity contribution < 1.29 is 9.21 Å². The number of fused-ring (bicyclic) bond motifs is 1. The van der Waals surface area contributed by atoms with Crippen LogP contribution in [-0.4, -0.2) is 10.5 Å². The van der Waals surface area contributed by atoms with Crippen molar-refractivity contribution in [2.75, 3.05) is 5.32 Å². The summed E-state index contributed by atoms with van der Waals surface area (Å²) < 4.78 is 6.81. The minimum absolute atomic E-state index is 0.315. The molecule has 1 amide bonds. The number of rotatable bonds is 4. The Morgan fingerprint density at radius 2 is 2.04 bits per heavy atom. The molecule has 0 atom stereocenters. The summed E-state index contributed by atoms with van der Waals surface area (Å²) in [6, 6.07) is 11.9. The Morgan fingerprint density at radius 3 is 2.78 bits per heavy atom. The molecule has 0 fully saturated rings. The van der Waals surface area contributed by atoms with E-state index in [4.69, 9.17) is 16.0 Å². The van der Waals surface area contributed by atoms with Crippen molar-refractivity contribution >= 4 is 34.3 Å². The fraction of sp³-hybridized carbons (Fsp3) is 0.176. The van der Waals surface area contributed by atoms with Crippen LogP contribution in [0.3, 0.4) is 0 Å². The summed E-state index contributed by atoms with van der Waals surface area (Å²) in [5.41, 5.74) is 2.09. The highest BCUT2D eigenvalue weighted by molar-refractivity contribution is 6.34. The Bertz CT molecular complexity index is 927. The average molecular weight is 331 g/mol. The van der Waals surface area contributed by atoms with E-state index >= 15 is 0 Å². The lowest BCUT2D eigenvalue weighted by molar-refractivity contribution is 0.102. The molecule has 0 aliphatic rings. The van der Waals surface area contributed by atoms with Gasteiger partial charge in [-0.3, -0.25) is 9.36 Å². The highest BCUT2D eigenvalue weighted by atomic mass is 35.5. The number of hydrogen-bond donors (Lipinski definition) is 1. The predicted octanol–water partition coefficient (Wildman–Crippen LogP) is 3.91. The van der Waals surface area contributed by atoms with Crippen molar-refractivity contribution in [3.05, 3.63) is 63.6 Å². The lowest BCUT2D eigenvalue weighted by Gasteiger charge is -2.06. The van der Waals surface area contributed by atoms with Crippen LogP contribution in [0.15, 0.2) is 51.7 Å². The lowest BCUT2D eigenvalue weighted by Crippen LogP contribution is -2.13. The first-order valence-electron chi connectivity index (χ1n) is 7.29. The summed E-state index contributed by atoms with van der Waals surface area (Å²) in [7, 11) is 0. The van der Waals surface area contributed by atoms with Crippen molar-refractivity contribution in [1.82, 2.24) is 4.57 Å². The quantitative estimate of drug-likeness (QED) is 0.788. The molecule has 1 N–H and O–H groups in total. The number of benzene rings is 2. The van der Waals surface area contributed by atoms with Gasteiger partial charge in [-0.05, 0) is 30.7 Å². The fourth-order valence-electron chi connectivity index (χ4n) is 2.42. The van der Waals surface area contributed by atoms with E-state index in [0.29, 0.717) is 33.9 Å². The van der Waals surface area contributed by atoms with Gasteiger partial charge in [0.05, 0.1) is 16.1 Å². The molecular formula is C17H15ClN2O3. The van der Waals surface area contributed by atoms with E-state index in [9.17, 15) is 9.59 Å². The van der Waals surface area contributed by atoms with Crippen LogP contribution in [0.1, 0.15) is 23.7 Å². The summed E-state index contributed by atoms with van der Waals surface area (Å²) in [5, 5.41) is 3.14. The molecule has 0 saturated carbocycles. The monoisotopic (exact) mass is 330 g/mol. The van der Waals surface area contributed by atoms with Crippen LogP contribution in [0.5, 0.6) is 0 Å². The molecule has 6 heteroatoms. The molecule has 3 aromatic rings. The number of aromatic nitrogens is 1. The Morgan fingerprint density at radius 1 is 1.26 bits per heavy atom. The van der Waals surface area contributed by atoms with Crippen LogP contribution >= 0.6 is 11.6 Å². The Hall–Kier alpha value is -2.53. The molecule has 118 valence electrons. The van der Waals surface area contributed by atoms with Gasteiger partial charge >= 0.3 is 5.76 Å². The van der Waals surface area contributed by atoms with Gasteiger partial charge in [-0.2, -0.15) is 0 Å². The molecule has 0 spiro atoms. The van der Waals surface area contributed by atoms with Gasteiger partial charge in [0.15, 0.2) is 5.58 Å². The maximum atomic E-state index is 12.3. The van der Waals surface area contributed by atoms with Crippen molar-refractivity contribution in [2.45, 2.75) is 19.9 Å². The molecule has 0 aliphatic carbocycles. The minimum atomic E-state index is -0.392. The fourth-order valence-corrected chi connectivity index (χ4v) is 2.64. The summed E-state index contributed by atoms with van der Waals surface area (Å²) in [4.78, 5) is 24.1. The standard InChI is InChI=1S/C17H15ClN2O3/c1-2-9-20-14-8-7-11(10-15(14)23-17(20)22)19-16(21)12-5-3-4-6-13(12)18/h3-8,10H,2,9H2,1H3,(H,19,21). The molecule has 0 bridgehead atoms. The van der Waals surface area contributed by atoms with E-state index in [0.717, 1.165) is 6.42 Å². The second kappa shape index (κ2) is 6.30. The molecule has 0 saturated heterocycles. The van der Waals surface area contributed by atoms with Crippen LogP contribution in [0.2, 0.25) is 5.02 Å². The molecule has 23 heavy (non-hydrogen) atoms. The third kappa shape index (κ3) is 3.00. The second-order valence-electron chi connectivity index (χ2n) is 5.14. The highest BCUT2D eigenvalue weighted by Gasteiger charge is 2.12. The number of nitrogens with one attached hydrogen (secondary N) is 1. The van der Waals surface area contributed by atoms with E-state index in [-0.39, 0.29) is 5.91 Å². The topological polar surface area (TPSA) is 64.2 Å². The molecule has 2 aromatic carbocycles. The Kier molecular flexibility index (Phi) is 4.21. The molecular weight excluding hydrogens is 316 g/mol. The number of nitrogens with zero attached hydrogens (tertiary/aromatic N) is 1. The van der Waals surface area contributed by atoms with Gasteiger partial charge in [0, 0.05) is 18.3 Å². The summed E-state index contributed by atoms with van der Waals surface area (Å²) in [6.07, 6.45) is 0.833. The minimum Gasteiger partial charge on any atom is -0.408 e. The summed E-state index contributed by atoms with van der Waals surface area (Å²) >= 11 is 6.02. The van der Waals surface area contributed by atoms with Crippen LogP contribution in [0.4, 0.5) is 5.69 Å². The van der Waals surface area contributed by atoms with Gasteiger partial charge in [0.1, 0.15) is 0 Å². The number of halogens is 1. The Labute approximate surface area is 137 Å². The normalized spacial score (nSPS) is 10.9. The first-order chi connectivity index (χ1) is 11.1. The number of carbonyl (C=O) groups excluding carboxylic acids is 1. The van der Waals surface area contributed by atoms with Crippen molar-refractivity contribution in [2.24, 2.45) is 0 Å². The number of amides is 1. The first-order valence-corrected chi connectivity index (χ1v) is 7.67. The third-order valence-corrected chi connectivity index (χ3v) is 3.82. The maximum absolute atomic E-state index is 12.3. The molecule has 0 unspecified atom stereocenters. The molecule has 5 nitrogen and oxygen atoms in total.